The molecule has 18 heavy (non-hydrogen) atoms. The first-order chi connectivity index (χ1) is 8.63. The fourth-order valence-electron chi connectivity index (χ4n) is 1.90. The van der Waals surface area contributed by atoms with Gasteiger partial charge in [0.25, 0.3) is 0 Å². The van der Waals surface area contributed by atoms with Gasteiger partial charge in [0.05, 0.1) is 5.92 Å². The molecular weight excluding hydrogens is 235 g/mol. The van der Waals surface area contributed by atoms with E-state index < -0.39 is 11.9 Å². The maximum Gasteiger partial charge on any atom is 0.306 e. The van der Waals surface area contributed by atoms with Gasteiger partial charge in [0.1, 0.15) is 5.82 Å². The van der Waals surface area contributed by atoms with Gasteiger partial charge in [-0.05, 0) is 37.0 Å². The Balaban J connectivity index is 2.50. The van der Waals surface area contributed by atoms with Crippen LogP contribution in [0, 0.1) is 11.7 Å². The van der Waals surface area contributed by atoms with E-state index in [0.717, 1.165) is 18.4 Å². The molecule has 0 heterocycles. The van der Waals surface area contributed by atoms with E-state index in [9.17, 15) is 9.18 Å². The van der Waals surface area contributed by atoms with E-state index in [1.54, 1.807) is 19.2 Å². The Morgan fingerprint density at radius 2 is 2.22 bits per heavy atom. The fourth-order valence-corrected chi connectivity index (χ4v) is 1.90. The highest BCUT2D eigenvalue weighted by Crippen LogP contribution is 2.16. The second-order valence-electron chi connectivity index (χ2n) is 4.36. The Kier molecular flexibility index (Phi) is 6.36. The number of carboxylic acids is 1. The molecular formula is C14H19FO3. The molecule has 0 aliphatic heterocycles. The Morgan fingerprint density at radius 1 is 1.44 bits per heavy atom. The van der Waals surface area contributed by atoms with Crippen LogP contribution in [0.25, 0.3) is 0 Å². The number of hydrogen-bond acceptors (Lipinski definition) is 2. The fraction of sp³-hybridized carbons (Fsp3) is 0.500. The molecule has 1 aromatic carbocycles. The van der Waals surface area contributed by atoms with E-state index in [1.807, 2.05) is 0 Å². The molecule has 1 aromatic rings. The number of carbonyl (C=O) groups is 1. The zero-order chi connectivity index (χ0) is 13.4. The van der Waals surface area contributed by atoms with Gasteiger partial charge >= 0.3 is 5.97 Å². The topological polar surface area (TPSA) is 46.5 Å². The molecule has 100 valence electrons. The van der Waals surface area contributed by atoms with Gasteiger partial charge in [0.15, 0.2) is 0 Å². The minimum Gasteiger partial charge on any atom is -0.481 e. The average Bonchev–Trinajstić information content (AvgIpc) is 2.33. The average molecular weight is 254 g/mol. The predicted molar refractivity (Wildman–Crippen MR) is 67.0 cm³/mol. The van der Waals surface area contributed by atoms with Gasteiger partial charge in [0.2, 0.25) is 0 Å². The van der Waals surface area contributed by atoms with E-state index >= 15 is 0 Å². The SMILES string of the molecule is COCCCCC(Cc1cccc(F)c1)C(=O)O. The lowest BCUT2D eigenvalue weighted by Crippen LogP contribution is -2.16. The second kappa shape index (κ2) is 7.82. The van der Waals surface area contributed by atoms with Gasteiger partial charge < -0.3 is 9.84 Å². The lowest BCUT2D eigenvalue weighted by Gasteiger charge is -2.12. The van der Waals surface area contributed by atoms with Crippen molar-refractivity contribution >= 4 is 5.97 Å². The second-order valence-corrected chi connectivity index (χ2v) is 4.36. The molecule has 0 fully saturated rings. The largest absolute Gasteiger partial charge is 0.481 e. The molecule has 0 amide bonds. The lowest BCUT2D eigenvalue weighted by atomic mass is 9.94. The van der Waals surface area contributed by atoms with Crippen molar-refractivity contribution in [1.29, 1.82) is 0 Å². The lowest BCUT2D eigenvalue weighted by molar-refractivity contribution is -0.142. The van der Waals surface area contributed by atoms with Gasteiger partial charge in [-0.25, -0.2) is 4.39 Å². The molecule has 4 heteroatoms. The molecule has 0 saturated heterocycles. The summed E-state index contributed by atoms with van der Waals surface area (Å²) in [5.41, 5.74) is 0.731. The number of hydrogen-bond donors (Lipinski definition) is 1. The molecule has 0 aliphatic carbocycles. The third-order valence-corrected chi connectivity index (χ3v) is 2.87. The van der Waals surface area contributed by atoms with Crippen LogP contribution in [0.2, 0.25) is 0 Å². The highest BCUT2D eigenvalue weighted by Gasteiger charge is 2.17. The van der Waals surface area contributed by atoms with Gasteiger partial charge in [0, 0.05) is 13.7 Å². The quantitative estimate of drug-likeness (QED) is 0.725. The summed E-state index contributed by atoms with van der Waals surface area (Å²) < 4.78 is 17.9. The number of unbranched alkanes of at least 4 members (excludes halogenated alkanes) is 1. The normalized spacial score (nSPS) is 12.3. The van der Waals surface area contributed by atoms with E-state index in [0.29, 0.717) is 19.4 Å². The predicted octanol–water partition coefficient (Wildman–Crippen LogP) is 2.89. The van der Waals surface area contributed by atoms with Crippen LogP contribution in [0.15, 0.2) is 24.3 Å². The van der Waals surface area contributed by atoms with Gasteiger partial charge in [-0.2, -0.15) is 0 Å². The van der Waals surface area contributed by atoms with Crippen LogP contribution < -0.4 is 0 Å². The number of carboxylic acid groups (broad SMARTS) is 1. The number of methoxy groups -OCH3 is 1. The van der Waals surface area contributed by atoms with E-state index in [-0.39, 0.29) is 5.82 Å². The number of ether oxygens (including phenoxy) is 1. The summed E-state index contributed by atoms with van der Waals surface area (Å²) in [5.74, 6) is -1.60. The van der Waals surface area contributed by atoms with Crippen LogP contribution in [0.5, 0.6) is 0 Å². The van der Waals surface area contributed by atoms with Crippen molar-refractivity contribution in [1.82, 2.24) is 0 Å². The van der Waals surface area contributed by atoms with E-state index in [4.69, 9.17) is 9.84 Å². The summed E-state index contributed by atoms with van der Waals surface area (Å²) >= 11 is 0. The molecule has 0 bridgehead atoms. The van der Waals surface area contributed by atoms with Crippen LogP contribution >= 0.6 is 0 Å². The summed E-state index contributed by atoms with van der Waals surface area (Å²) in [4.78, 5) is 11.1. The van der Waals surface area contributed by atoms with Crippen LogP contribution in [-0.4, -0.2) is 24.8 Å². The first kappa shape index (κ1) is 14.6. The maximum absolute atomic E-state index is 13.0. The molecule has 0 saturated carbocycles. The molecule has 0 aromatic heterocycles. The van der Waals surface area contributed by atoms with Crippen LogP contribution in [0.3, 0.4) is 0 Å². The van der Waals surface area contributed by atoms with E-state index in [2.05, 4.69) is 0 Å². The summed E-state index contributed by atoms with van der Waals surface area (Å²) in [6, 6.07) is 6.12. The summed E-state index contributed by atoms with van der Waals surface area (Å²) in [5, 5.41) is 9.14. The molecule has 1 N–H and O–H groups in total. The summed E-state index contributed by atoms with van der Waals surface area (Å²) in [6.07, 6.45) is 2.62. The zero-order valence-corrected chi connectivity index (χ0v) is 10.6. The number of halogens is 1. The molecule has 0 radical (unpaired) electrons. The third kappa shape index (κ3) is 5.27. The molecule has 0 aliphatic rings. The van der Waals surface area contributed by atoms with E-state index in [1.165, 1.54) is 12.1 Å². The number of benzene rings is 1. The Morgan fingerprint density at radius 3 is 2.83 bits per heavy atom. The van der Waals surface area contributed by atoms with Crippen molar-refractivity contribution in [3.63, 3.8) is 0 Å². The van der Waals surface area contributed by atoms with Crippen molar-refractivity contribution < 1.29 is 19.0 Å². The monoisotopic (exact) mass is 254 g/mol. The van der Waals surface area contributed by atoms with Crippen molar-refractivity contribution in [3.05, 3.63) is 35.6 Å². The molecule has 1 rings (SSSR count). The maximum atomic E-state index is 13.0. The minimum absolute atomic E-state index is 0.323. The highest BCUT2D eigenvalue weighted by molar-refractivity contribution is 5.70. The Hall–Kier alpha value is -1.42. The van der Waals surface area contributed by atoms with Gasteiger partial charge in [-0.3, -0.25) is 4.79 Å². The Bertz CT molecular complexity index is 379. The highest BCUT2D eigenvalue weighted by atomic mass is 19.1. The minimum atomic E-state index is -0.823. The van der Waals surface area contributed by atoms with Crippen LogP contribution in [0.4, 0.5) is 4.39 Å². The summed E-state index contributed by atoms with van der Waals surface area (Å²) in [6.45, 7) is 0.645. The van der Waals surface area contributed by atoms with Gasteiger partial charge in [-0.15, -0.1) is 0 Å². The smallest absolute Gasteiger partial charge is 0.306 e. The standard InChI is InChI=1S/C14H19FO3/c1-18-8-3-2-6-12(14(16)17)9-11-5-4-7-13(15)10-11/h4-5,7,10,12H,2-3,6,8-9H2,1H3,(H,16,17). The van der Waals surface area contributed by atoms with Crippen LogP contribution in [0.1, 0.15) is 24.8 Å². The molecule has 0 spiro atoms. The zero-order valence-electron chi connectivity index (χ0n) is 10.6. The number of rotatable bonds is 8. The summed E-state index contributed by atoms with van der Waals surface area (Å²) in [7, 11) is 1.63. The molecule has 3 nitrogen and oxygen atoms in total. The third-order valence-electron chi connectivity index (χ3n) is 2.87. The van der Waals surface area contributed by atoms with Crippen molar-refractivity contribution in [3.8, 4) is 0 Å². The molecule has 1 atom stereocenters. The first-order valence-corrected chi connectivity index (χ1v) is 6.09. The molecule has 1 unspecified atom stereocenters. The van der Waals surface area contributed by atoms with Crippen LogP contribution in [-0.2, 0) is 16.0 Å². The van der Waals surface area contributed by atoms with Crippen molar-refractivity contribution in [2.75, 3.05) is 13.7 Å². The van der Waals surface area contributed by atoms with Crippen molar-refractivity contribution in [2.45, 2.75) is 25.7 Å². The van der Waals surface area contributed by atoms with Gasteiger partial charge in [-0.1, -0.05) is 18.6 Å². The number of aliphatic carboxylic acids is 1. The Labute approximate surface area is 107 Å². The van der Waals surface area contributed by atoms with Crippen molar-refractivity contribution in [2.24, 2.45) is 5.92 Å². The first-order valence-electron chi connectivity index (χ1n) is 6.09.